The zero-order valence-electron chi connectivity index (χ0n) is 13.1. The molecular formula is C17H28O2. The molecule has 2 bridgehead atoms. The van der Waals surface area contributed by atoms with Crippen LogP contribution < -0.4 is 0 Å². The maximum Gasteiger partial charge on any atom is 0.303 e. The van der Waals surface area contributed by atoms with Gasteiger partial charge >= 0.3 is 5.97 Å². The van der Waals surface area contributed by atoms with Crippen LogP contribution in [0.1, 0.15) is 66.7 Å². The van der Waals surface area contributed by atoms with Gasteiger partial charge in [0.05, 0.1) is 0 Å². The maximum atomic E-state index is 11.5. The molecule has 5 atom stereocenters. The average Bonchev–Trinajstić information content (AvgIpc) is 2.69. The van der Waals surface area contributed by atoms with Crippen LogP contribution in [-0.2, 0) is 9.53 Å². The van der Waals surface area contributed by atoms with Crippen molar-refractivity contribution in [2.45, 2.75) is 72.3 Å². The Kier molecular flexibility index (Phi) is 2.67. The van der Waals surface area contributed by atoms with Gasteiger partial charge in [-0.25, -0.2) is 0 Å². The molecule has 3 aliphatic rings. The largest absolute Gasteiger partial charge is 0.459 e. The molecule has 0 aliphatic heterocycles. The minimum atomic E-state index is -0.232. The summed E-state index contributed by atoms with van der Waals surface area (Å²) in [6, 6.07) is 0. The first-order valence-electron chi connectivity index (χ1n) is 7.92. The molecule has 19 heavy (non-hydrogen) atoms. The molecule has 0 unspecified atom stereocenters. The number of hydrogen-bond acceptors (Lipinski definition) is 2. The Morgan fingerprint density at radius 3 is 2.42 bits per heavy atom. The first kappa shape index (κ1) is 13.5. The number of fused-ring (bicyclic) bond motifs is 1. The van der Waals surface area contributed by atoms with Crippen LogP contribution in [0.2, 0.25) is 0 Å². The minimum absolute atomic E-state index is 0.112. The van der Waals surface area contributed by atoms with Crippen molar-refractivity contribution >= 4 is 5.97 Å². The smallest absolute Gasteiger partial charge is 0.303 e. The predicted octanol–water partition coefficient (Wildman–Crippen LogP) is 4.18. The summed E-state index contributed by atoms with van der Waals surface area (Å²) >= 11 is 0. The highest BCUT2D eigenvalue weighted by atomic mass is 16.6. The van der Waals surface area contributed by atoms with E-state index in [1.54, 1.807) is 6.92 Å². The lowest BCUT2D eigenvalue weighted by Gasteiger charge is -2.46. The van der Waals surface area contributed by atoms with Crippen molar-refractivity contribution in [3.8, 4) is 0 Å². The second-order valence-corrected chi connectivity index (χ2v) is 8.25. The van der Waals surface area contributed by atoms with Crippen LogP contribution in [0, 0.1) is 28.6 Å². The minimum Gasteiger partial charge on any atom is -0.459 e. The summed E-state index contributed by atoms with van der Waals surface area (Å²) in [7, 11) is 0. The predicted molar refractivity (Wildman–Crippen MR) is 75.6 cm³/mol. The van der Waals surface area contributed by atoms with Gasteiger partial charge in [0, 0.05) is 12.8 Å². The van der Waals surface area contributed by atoms with E-state index in [1.165, 1.54) is 25.7 Å². The molecule has 2 nitrogen and oxygen atoms in total. The molecule has 0 amide bonds. The zero-order chi connectivity index (χ0) is 14.1. The molecule has 0 aromatic heterocycles. The highest BCUT2D eigenvalue weighted by Crippen LogP contribution is 2.73. The van der Waals surface area contributed by atoms with Gasteiger partial charge < -0.3 is 4.74 Å². The van der Waals surface area contributed by atoms with Crippen LogP contribution in [0.25, 0.3) is 0 Å². The Morgan fingerprint density at radius 2 is 1.79 bits per heavy atom. The average molecular weight is 264 g/mol. The normalized spacial score (nSPS) is 50.9. The molecule has 3 aliphatic carbocycles. The molecule has 0 aromatic rings. The summed E-state index contributed by atoms with van der Waals surface area (Å²) in [5, 5.41) is 0. The SMILES string of the molecule is CC(=O)O[C@]1(C)CC[C@@]23C[C@@H]1C(C)(C)[C@@H]2CC[C@@H]3C. The topological polar surface area (TPSA) is 26.3 Å². The number of carbonyl (C=O) groups excluding carboxylic acids is 1. The zero-order valence-corrected chi connectivity index (χ0v) is 13.1. The molecular weight excluding hydrogens is 236 g/mol. The van der Waals surface area contributed by atoms with Crippen molar-refractivity contribution in [3.63, 3.8) is 0 Å². The standard InChI is InChI=1S/C17H28O2/c1-11-6-7-13-15(3,4)14-10-17(11,13)9-8-16(14,5)19-12(2)18/h11,13-14H,6-10H2,1-5H3/t11-,13-,14+,16+,17-/m0/s1. The van der Waals surface area contributed by atoms with Gasteiger partial charge in [-0.05, 0) is 61.7 Å². The van der Waals surface area contributed by atoms with Gasteiger partial charge in [0.2, 0.25) is 0 Å². The Hall–Kier alpha value is -0.530. The molecule has 1 spiro atoms. The van der Waals surface area contributed by atoms with E-state index in [4.69, 9.17) is 4.74 Å². The molecule has 2 heteroatoms. The van der Waals surface area contributed by atoms with Crippen molar-refractivity contribution in [1.82, 2.24) is 0 Å². The fourth-order valence-corrected chi connectivity index (χ4v) is 6.31. The summed E-state index contributed by atoms with van der Waals surface area (Å²) in [4.78, 5) is 11.5. The number of esters is 1. The van der Waals surface area contributed by atoms with Gasteiger partial charge in [-0.15, -0.1) is 0 Å². The quantitative estimate of drug-likeness (QED) is 0.664. The van der Waals surface area contributed by atoms with E-state index in [0.717, 1.165) is 18.3 Å². The molecule has 0 radical (unpaired) electrons. The number of carbonyl (C=O) groups is 1. The highest BCUT2D eigenvalue weighted by Gasteiger charge is 2.68. The van der Waals surface area contributed by atoms with E-state index in [2.05, 4.69) is 27.7 Å². The van der Waals surface area contributed by atoms with Crippen molar-refractivity contribution in [1.29, 1.82) is 0 Å². The first-order valence-corrected chi connectivity index (χ1v) is 7.92. The maximum absolute atomic E-state index is 11.5. The Morgan fingerprint density at radius 1 is 1.11 bits per heavy atom. The van der Waals surface area contributed by atoms with Crippen LogP contribution in [0.4, 0.5) is 0 Å². The van der Waals surface area contributed by atoms with E-state index >= 15 is 0 Å². The van der Waals surface area contributed by atoms with Crippen LogP contribution in [0.5, 0.6) is 0 Å². The highest BCUT2D eigenvalue weighted by molar-refractivity contribution is 5.66. The fraction of sp³-hybridized carbons (Fsp3) is 0.941. The van der Waals surface area contributed by atoms with Gasteiger partial charge in [-0.2, -0.15) is 0 Å². The van der Waals surface area contributed by atoms with E-state index in [0.29, 0.717) is 16.7 Å². The Labute approximate surface area is 117 Å². The fourth-order valence-electron chi connectivity index (χ4n) is 6.31. The summed E-state index contributed by atoms with van der Waals surface area (Å²) in [6.07, 6.45) is 6.35. The lowest BCUT2D eigenvalue weighted by molar-refractivity contribution is -0.171. The molecule has 0 N–H and O–H groups in total. The van der Waals surface area contributed by atoms with Gasteiger partial charge in [-0.3, -0.25) is 4.79 Å². The van der Waals surface area contributed by atoms with Crippen LogP contribution >= 0.6 is 0 Å². The molecule has 0 saturated heterocycles. The van der Waals surface area contributed by atoms with Crippen LogP contribution in [0.3, 0.4) is 0 Å². The van der Waals surface area contributed by atoms with Gasteiger partial charge in [0.15, 0.2) is 0 Å². The molecule has 0 heterocycles. The summed E-state index contributed by atoms with van der Waals surface area (Å²) < 4.78 is 5.80. The Balaban J connectivity index is 1.99. The van der Waals surface area contributed by atoms with Crippen LogP contribution in [0.15, 0.2) is 0 Å². The van der Waals surface area contributed by atoms with E-state index in [-0.39, 0.29) is 11.6 Å². The lowest BCUT2D eigenvalue weighted by atomic mass is 9.64. The molecule has 3 saturated carbocycles. The third-order valence-corrected chi connectivity index (χ3v) is 7.15. The lowest BCUT2D eigenvalue weighted by Crippen LogP contribution is -2.47. The number of hydrogen-bond donors (Lipinski definition) is 0. The molecule has 0 aromatic carbocycles. The first-order chi connectivity index (χ1) is 8.72. The molecule has 108 valence electrons. The third-order valence-electron chi connectivity index (χ3n) is 7.15. The monoisotopic (exact) mass is 264 g/mol. The number of ether oxygens (including phenoxy) is 1. The molecule has 3 rings (SSSR count). The van der Waals surface area contributed by atoms with Crippen molar-refractivity contribution in [3.05, 3.63) is 0 Å². The van der Waals surface area contributed by atoms with E-state index in [1.807, 2.05) is 0 Å². The van der Waals surface area contributed by atoms with Crippen LogP contribution in [-0.4, -0.2) is 11.6 Å². The summed E-state index contributed by atoms with van der Waals surface area (Å²) in [5.41, 5.74) is 0.629. The number of rotatable bonds is 1. The van der Waals surface area contributed by atoms with E-state index < -0.39 is 0 Å². The summed E-state index contributed by atoms with van der Waals surface area (Å²) in [5.74, 6) is 2.10. The molecule has 3 fully saturated rings. The van der Waals surface area contributed by atoms with Crippen molar-refractivity contribution in [2.24, 2.45) is 28.6 Å². The van der Waals surface area contributed by atoms with Gasteiger partial charge in [0.1, 0.15) is 5.60 Å². The van der Waals surface area contributed by atoms with E-state index in [9.17, 15) is 4.79 Å². The second kappa shape index (κ2) is 3.77. The Bertz CT molecular complexity index is 413. The third kappa shape index (κ3) is 1.58. The van der Waals surface area contributed by atoms with Crippen molar-refractivity contribution in [2.75, 3.05) is 0 Å². The second-order valence-electron chi connectivity index (χ2n) is 8.25. The van der Waals surface area contributed by atoms with Crippen molar-refractivity contribution < 1.29 is 9.53 Å². The van der Waals surface area contributed by atoms with Gasteiger partial charge in [-0.1, -0.05) is 20.8 Å². The summed E-state index contributed by atoms with van der Waals surface area (Å²) in [6.45, 7) is 11.0. The van der Waals surface area contributed by atoms with Gasteiger partial charge in [0.25, 0.3) is 0 Å².